The van der Waals surface area contributed by atoms with Gasteiger partial charge in [-0.3, -0.25) is 4.79 Å². The highest BCUT2D eigenvalue weighted by atomic mass is 16.1. The van der Waals surface area contributed by atoms with Crippen LogP contribution in [0.5, 0.6) is 0 Å². The van der Waals surface area contributed by atoms with Crippen molar-refractivity contribution in [3.63, 3.8) is 0 Å². The number of hydrogen-bond acceptors (Lipinski definition) is 2. The fourth-order valence-corrected chi connectivity index (χ4v) is 2.73. The van der Waals surface area contributed by atoms with Gasteiger partial charge in [0.25, 0.3) is 0 Å². The first-order valence-electron chi connectivity index (χ1n) is 6.92. The molecule has 1 atom stereocenters. The van der Waals surface area contributed by atoms with Crippen molar-refractivity contribution in [3.05, 3.63) is 35.4 Å². The second-order valence-electron chi connectivity index (χ2n) is 5.51. The minimum atomic E-state index is 0.337. The summed E-state index contributed by atoms with van der Waals surface area (Å²) in [5, 5.41) is 0. The second kappa shape index (κ2) is 6.14. The van der Waals surface area contributed by atoms with Gasteiger partial charge in [0, 0.05) is 18.9 Å². The zero-order valence-corrected chi connectivity index (χ0v) is 11.5. The summed E-state index contributed by atoms with van der Waals surface area (Å²) in [5.41, 5.74) is 2.74. The van der Waals surface area contributed by atoms with Gasteiger partial charge in [-0.1, -0.05) is 24.3 Å². The number of hydrogen-bond donors (Lipinski definition) is 0. The Morgan fingerprint density at radius 1 is 1.33 bits per heavy atom. The molecule has 0 aliphatic heterocycles. The van der Waals surface area contributed by atoms with E-state index in [0.29, 0.717) is 11.7 Å². The van der Waals surface area contributed by atoms with Crippen molar-refractivity contribution in [2.45, 2.75) is 39.2 Å². The molecule has 1 aliphatic carbocycles. The van der Waals surface area contributed by atoms with E-state index < -0.39 is 0 Å². The summed E-state index contributed by atoms with van der Waals surface area (Å²) in [4.78, 5) is 13.9. The van der Waals surface area contributed by atoms with Crippen LogP contribution in [0.2, 0.25) is 0 Å². The average Bonchev–Trinajstić information content (AvgIpc) is 2.75. The molecule has 0 amide bonds. The van der Waals surface area contributed by atoms with Crippen molar-refractivity contribution in [3.8, 4) is 0 Å². The fraction of sp³-hybridized carbons (Fsp3) is 0.562. The van der Waals surface area contributed by atoms with E-state index in [1.54, 1.807) is 0 Å². The first kappa shape index (κ1) is 13.3. The van der Waals surface area contributed by atoms with Crippen LogP contribution >= 0.6 is 0 Å². The van der Waals surface area contributed by atoms with Crippen molar-refractivity contribution in [1.82, 2.24) is 4.90 Å². The molecule has 0 heterocycles. The lowest BCUT2D eigenvalue weighted by molar-refractivity contribution is -0.120. The van der Waals surface area contributed by atoms with Crippen molar-refractivity contribution < 1.29 is 4.79 Å². The zero-order chi connectivity index (χ0) is 13.0. The topological polar surface area (TPSA) is 20.3 Å². The van der Waals surface area contributed by atoms with Crippen molar-refractivity contribution in [2.75, 3.05) is 13.6 Å². The molecule has 1 aromatic carbocycles. The normalized spacial score (nSPS) is 19.7. The van der Waals surface area contributed by atoms with Gasteiger partial charge in [0.05, 0.1) is 0 Å². The van der Waals surface area contributed by atoms with Gasteiger partial charge in [-0.2, -0.15) is 0 Å². The summed E-state index contributed by atoms with van der Waals surface area (Å²) in [7, 11) is 2.14. The van der Waals surface area contributed by atoms with E-state index in [9.17, 15) is 4.79 Å². The Morgan fingerprint density at radius 2 is 2.11 bits per heavy atom. The number of carbonyl (C=O) groups excluding carboxylic acids is 1. The molecule has 18 heavy (non-hydrogen) atoms. The summed E-state index contributed by atoms with van der Waals surface area (Å²) in [6, 6.07) is 8.52. The molecular weight excluding hydrogens is 222 g/mol. The van der Waals surface area contributed by atoms with Gasteiger partial charge in [-0.05, 0) is 50.9 Å². The summed E-state index contributed by atoms with van der Waals surface area (Å²) in [6.07, 6.45) is 4.05. The van der Waals surface area contributed by atoms with E-state index in [4.69, 9.17) is 0 Å². The summed E-state index contributed by atoms with van der Waals surface area (Å²) in [6.45, 7) is 4.15. The Bertz CT molecular complexity index is 413. The number of aryl methyl sites for hydroxylation is 1. The quantitative estimate of drug-likeness (QED) is 0.794. The van der Waals surface area contributed by atoms with Crippen LogP contribution in [0.25, 0.3) is 0 Å². The maximum atomic E-state index is 11.6. The van der Waals surface area contributed by atoms with Gasteiger partial charge in [-0.25, -0.2) is 0 Å². The van der Waals surface area contributed by atoms with Crippen LogP contribution in [0.4, 0.5) is 0 Å². The summed E-state index contributed by atoms with van der Waals surface area (Å²) in [5.74, 6) is 0.823. The van der Waals surface area contributed by atoms with E-state index >= 15 is 0 Å². The molecule has 0 bridgehead atoms. The Balaban J connectivity index is 1.80. The van der Waals surface area contributed by atoms with E-state index in [-0.39, 0.29) is 0 Å². The number of nitrogens with zero attached hydrogens (tertiary/aromatic N) is 1. The first-order valence-corrected chi connectivity index (χ1v) is 6.92. The minimum absolute atomic E-state index is 0.337. The molecule has 2 nitrogen and oxygen atoms in total. The molecule has 0 aromatic heterocycles. The number of benzene rings is 1. The molecule has 98 valence electrons. The minimum Gasteiger partial charge on any atom is -0.302 e. The molecule has 1 saturated carbocycles. The van der Waals surface area contributed by atoms with Crippen LogP contribution < -0.4 is 0 Å². The molecule has 1 unspecified atom stereocenters. The molecule has 0 spiro atoms. The van der Waals surface area contributed by atoms with Gasteiger partial charge in [0.15, 0.2) is 0 Å². The van der Waals surface area contributed by atoms with Crippen LogP contribution in [0.1, 0.15) is 36.8 Å². The smallest absolute Gasteiger partial charge is 0.136 e. The predicted octanol–water partition coefficient (Wildman–Crippen LogP) is 3.19. The highest BCUT2D eigenvalue weighted by Gasteiger charge is 2.24. The van der Waals surface area contributed by atoms with Gasteiger partial charge in [-0.15, -0.1) is 0 Å². The first-order chi connectivity index (χ1) is 8.66. The van der Waals surface area contributed by atoms with E-state index in [0.717, 1.165) is 38.8 Å². The van der Waals surface area contributed by atoms with Crippen LogP contribution in [-0.2, 0) is 11.3 Å². The predicted molar refractivity (Wildman–Crippen MR) is 74.5 cm³/mol. The Kier molecular flexibility index (Phi) is 4.54. The fourth-order valence-electron chi connectivity index (χ4n) is 2.73. The zero-order valence-electron chi connectivity index (χ0n) is 11.5. The largest absolute Gasteiger partial charge is 0.302 e. The summed E-state index contributed by atoms with van der Waals surface area (Å²) < 4.78 is 0. The van der Waals surface area contributed by atoms with Gasteiger partial charge in [0.2, 0.25) is 0 Å². The van der Waals surface area contributed by atoms with Crippen molar-refractivity contribution >= 4 is 5.78 Å². The SMILES string of the molecule is Cc1ccccc1CN(C)CCC1CCCC1=O. The maximum Gasteiger partial charge on any atom is 0.136 e. The van der Waals surface area contributed by atoms with Crippen LogP contribution in [-0.4, -0.2) is 24.3 Å². The van der Waals surface area contributed by atoms with E-state index in [2.05, 4.69) is 43.1 Å². The third-order valence-electron chi connectivity index (χ3n) is 3.99. The molecule has 0 radical (unpaired) electrons. The highest BCUT2D eigenvalue weighted by molar-refractivity contribution is 5.82. The molecule has 2 heteroatoms. The third-order valence-corrected chi connectivity index (χ3v) is 3.99. The van der Waals surface area contributed by atoms with Crippen molar-refractivity contribution in [1.29, 1.82) is 0 Å². The lowest BCUT2D eigenvalue weighted by atomic mass is 10.0. The maximum absolute atomic E-state index is 11.6. The monoisotopic (exact) mass is 245 g/mol. The molecule has 1 aromatic rings. The standard InChI is InChI=1S/C16H23NO/c1-13-6-3-4-7-15(13)12-17(2)11-10-14-8-5-9-16(14)18/h3-4,6-7,14H,5,8-12H2,1-2H3. The Labute approximate surface area is 110 Å². The number of Topliss-reactive ketones (excluding diaryl/α,β-unsaturated/α-hetero) is 1. The summed E-state index contributed by atoms with van der Waals surface area (Å²) >= 11 is 0. The van der Waals surface area contributed by atoms with Gasteiger partial charge < -0.3 is 4.90 Å². The lowest BCUT2D eigenvalue weighted by Gasteiger charge is -2.19. The van der Waals surface area contributed by atoms with Crippen LogP contribution in [0.3, 0.4) is 0 Å². The Morgan fingerprint density at radius 3 is 2.78 bits per heavy atom. The highest BCUT2D eigenvalue weighted by Crippen LogP contribution is 2.24. The average molecular weight is 245 g/mol. The molecule has 0 N–H and O–H groups in total. The molecule has 1 fully saturated rings. The molecule has 2 rings (SSSR count). The van der Waals surface area contributed by atoms with Crippen LogP contribution in [0.15, 0.2) is 24.3 Å². The van der Waals surface area contributed by atoms with E-state index in [1.165, 1.54) is 11.1 Å². The van der Waals surface area contributed by atoms with Gasteiger partial charge >= 0.3 is 0 Å². The third kappa shape index (κ3) is 3.42. The molecule has 1 aliphatic rings. The molecule has 0 saturated heterocycles. The van der Waals surface area contributed by atoms with Crippen molar-refractivity contribution in [2.24, 2.45) is 5.92 Å². The van der Waals surface area contributed by atoms with Crippen LogP contribution in [0, 0.1) is 12.8 Å². The lowest BCUT2D eigenvalue weighted by Crippen LogP contribution is -2.22. The Hall–Kier alpha value is -1.15. The second-order valence-corrected chi connectivity index (χ2v) is 5.51. The number of carbonyl (C=O) groups is 1. The van der Waals surface area contributed by atoms with E-state index in [1.807, 2.05) is 0 Å². The number of ketones is 1. The number of rotatable bonds is 5. The van der Waals surface area contributed by atoms with Gasteiger partial charge in [0.1, 0.15) is 5.78 Å². The molecular formula is C16H23NO.